The van der Waals surface area contributed by atoms with Crippen molar-refractivity contribution in [2.24, 2.45) is 11.7 Å². The van der Waals surface area contributed by atoms with E-state index in [1.54, 1.807) is 23.2 Å². The number of hydrogen-bond acceptors (Lipinski definition) is 5. The van der Waals surface area contributed by atoms with E-state index < -0.39 is 35.6 Å². The molecule has 8 heteroatoms. The fourth-order valence-electron chi connectivity index (χ4n) is 4.43. The molecule has 0 aliphatic carbocycles. The number of ether oxygens (including phenoxy) is 1. The van der Waals surface area contributed by atoms with Crippen LogP contribution in [0.2, 0.25) is 10.0 Å². The van der Waals surface area contributed by atoms with Crippen molar-refractivity contribution >= 4 is 35.1 Å². The van der Waals surface area contributed by atoms with Crippen molar-refractivity contribution in [2.75, 3.05) is 6.54 Å². The molecule has 2 N–H and O–H groups in total. The zero-order chi connectivity index (χ0) is 22.5. The average molecular weight is 462 g/mol. The smallest absolute Gasteiger partial charge is 0.313 e. The molecule has 2 aromatic rings. The third-order valence-electron chi connectivity index (χ3n) is 5.63. The molecule has 2 aliphatic heterocycles. The highest BCUT2D eigenvalue weighted by Crippen LogP contribution is 2.51. The third kappa shape index (κ3) is 3.94. The van der Waals surface area contributed by atoms with E-state index in [-0.39, 0.29) is 12.5 Å². The number of hydrogen-bond donors (Lipinski definition) is 1. The molecule has 6 nitrogen and oxygen atoms in total. The number of nitrogens with two attached hydrogens (primary N) is 1. The van der Waals surface area contributed by atoms with Crippen molar-refractivity contribution in [3.8, 4) is 0 Å². The first kappa shape index (κ1) is 22.1. The lowest BCUT2D eigenvalue weighted by Gasteiger charge is -2.34. The number of fused-ring (bicyclic) bond motifs is 1. The van der Waals surface area contributed by atoms with Crippen LogP contribution in [0.5, 0.6) is 0 Å². The van der Waals surface area contributed by atoms with Crippen molar-refractivity contribution < 1.29 is 14.3 Å². The van der Waals surface area contributed by atoms with E-state index in [0.29, 0.717) is 15.6 Å². The maximum atomic E-state index is 13.2. The summed E-state index contributed by atoms with van der Waals surface area (Å²) in [5.41, 5.74) is 7.16. The van der Waals surface area contributed by atoms with Gasteiger partial charge in [-0.25, -0.2) is 5.01 Å². The van der Waals surface area contributed by atoms with Gasteiger partial charge in [-0.3, -0.25) is 14.6 Å². The second-order valence-corrected chi connectivity index (χ2v) is 9.72. The highest BCUT2D eigenvalue weighted by molar-refractivity contribution is 6.36. The second-order valence-electron chi connectivity index (χ2n) is 8.90. The van der Waals surface area contributed by atoms with Crippen LogP contribution in [0.15, 0.2) is 48.5 Å². The first-order chi connectivity index (χ1) is 14.6. The summed E-state index contributed by atoms with van der Waals surface area (Å²) in [6, 6.07) is 12.9. The highest BCUT2D eigenvalue weighted by Gasteiger charge is 2.58. The van der Waals surface area contributed by atoms with Gasteiger partial charge in [0.25, 0.3) is 5.91 Å². The molecule has 1 amide bonds. The largest absolute Gasteiger partial charge is 0.460 e. The van der Waals surface area contributed by atoms with Crippen LogP contribution >= 0.6 is 23.2 Å². The molecule has 2 fully saturated rings. The van der Waals surface area contributed by atoms with Crippen LogP contribution in [0.3, 0.4) is 0 Å². The summed E-state index contributed by atoms with van der Waals surface area (Å²) >= 11 is 13.1. The molecular weight excluding hydrogens is 437 g/mol. The number of amides is 1. The van der Waals surface area contributed by atoms with Gasteiger partial charge in [-0.05, 0) is 38.5 Å². The molecule has 0 unspecified atom stereocenters. The summed E-state index contributed by atoms with van der Waals surface area (Å²) in [6.07, 6.45) is 0. The Morgan fingerprint density at radius 3 is 2.23 bits per heavy atom. The Labute approximate surface area is 191 Å². The van der Waals surface area contributed by atoms with Crippen LogP contribution in [-0.2, 0) is 14.3 Å². The van der Waals surface area contributed by atoms with Crippen molar-refractivity contribution in [1.29, 1.82) is 0 Å². The molecule has 0 saturated carbocycles. The number of nitrogens with zero attached hydrogens (tertiary/aromatic N) is 2. The van der Waals surface area contributed by atoms with Crippen molar-refractivity contribution in [1.82, 2.24) is 10.0 Å². The summed E-state index contributed by atoms with van der Waals surface area (Å²) in [5.74, 6) is -1.32. The molecule has 164 valence electrons. The van der Waals surface area contributed by atoms with Gasteiger partial charge in [0.1, 0.15) is 11.6 Å². The minimum Gasteiger partial charge on any atom is -0.460 e. The van der Waals surface area contributed by atoms with Crippen molar-refractivity contribution in [3.05, 3.63) is 69.7 Å². The van der Waals surface area contributed by atoms with Crippen LogP contribution in [0.4, 0.5) is 0 Å². The zero-order valence-electron chi connectivity index (χ0n) is 17.6. The zero-order valence-corrected chi connectivity index (χ0v) is 19.1. The molecule has 4 rings (SSSR count). The number of halogens is 2. The normalized spacial score (nSPS) is 26.3. The van der Waals surface area contributed by atoms with Gasteiger partial charge in [0.05, 0.1) is 24.5 Å². The lowest BCUT2D eigenvalue weighted by Crippen LogP contribution is -2.39. The first-order valence-electron chi connectivity index (χ1n) is 10.2. The molecule has 0 radical (unpaired) electrons. The molecule has 2 aliphatic rings. The van der Waals surface area contributed by atoms with Gasteiger partial charge in [-0.2, -0.15) is 0 Å². The molecular formula is C23H25Cl2N3O3. The number of carbonyl (C=O) groups is 2. The van der Waals surface area contributed by atoms with Crippen LogP contribution in [0.1, 0.15) is 44.0 Å². The minimum absolute atomic E-state index is 0.150. The molecule has 0 bridgehead atoms. The molecule has 2 aromatic carbocycles. The number of esters is 1. The number of rotatable bonds is 3. The highest BCUT2D eigenvalue weighted by atomic mass is 35.5. The Hall–Kier alpha value is -2.12. The van der Waals surface area contributed by atoms with E-state index in [2.05, 4.69) is 0 Å². The summed E-state index contributed by atoms with van der Waals surface area (Å²) in [6.45, 7) is 5.59. The predicted octanol–water partition coefficient (Wildman–Crippen LogP) is 4.13. The van der Waals surface area contributed by atoms with Gasteiger partial charge >= 0.3 is 5.97 Å². The van der Waals surface area contributed by atoms with Gasteiger partial charge in [0.15, 0.2) is 0 Å². The molecule has 2 saturated heterocycles. The quantitative estimate of drug-likeness (QED) is 0.695. The summed E-state index contributed by atoms with van der Waals surface area (Å²) in [7, 11) is 0. The first-order valence-corrected chi connectivity index (χ1v) is 10.9. The minimum atomic E-state index is -0.772. The summed E-state index contributed by atoms with van der Waals surface area (Å²) in [4.78, 5) is 26.3. The van der Waals surface area contributed by atoms with Crippen molar-refractivity contribution in [2.45, 2.75) is 44.5 Å². The standard InChI is InChI=1S/C23H25Cl2N3O3/c1-23(2,3)31-22(30)14-12-27-21(29)18(26)19(13-8-5-4-6-9-13)28(27)20(14)17-15(24)10-7-11-16(17)25/h4-11,14,18-20H,12,26H2,1-3H3/t14-,18+,19+,20-/m0/s1. The Morgan fingerprint density at radius 1 is 1.03 bits per heavy atom. The maximum absolute atomic E-state index is 13.2. The fraction of sp³-hybridized carbons (Fsp3) is 0.391. The average Bonchev–Trinajstić information content (AvgIpc) is 3.17. The lowest BCUT2D eigenvalue weighted by atomic mass is 9.90. The summed E-state index contributed by atoms with van der Waals surface area (Å²) < 4.78 is 5.70. The maximum Gasteiger partial charge on any atom is 0.313 e. The SMILES string of the molecule is CC(C)(C)OC(=O)[C@H]1CN2C(=O)[C@H](N)[C@@H](c3ccccc3)N2[C@@H]1c1c(Cl)cccc1Cl. The third-order valence-corrected chi connectivity index (χ3v) is 6.28. The molecule has 0 aromatic heterocycles. The monoisotopic (exact) mass is 461 g/mol. The van der Waals surface area contributed by atoms with Crippen LogP contribution in [0.25, 0.3) is 0 Å². The Morgan fingerprint density at radius 2 is 1.65 bits per heavy atom. The van der Waals surface area contributed by atoms with E-state index in [1.165, 1.54) is 0 Å². The van der Waals surface area contributed by atoms with E-state index in [4.69, 9.17) is 33.7 Å². The van der Waals surface area contributed by atoms with E-state index in [0.717, 1.165) is 5.56 Å². The molecule has 2 heterocycles. The predicted molar refractivity (Wildman–Crippen MR) is 119 cm³/mol. The van der Waals surface area contributed by atoms with E-state index >= 15 is 0 Å². The molecule has 31 heavy (non-hydrogen) atoms. The van der Waals surface area contributed by atoms with Gasteiger partial charge in [-0.1, -0.05) is 59.6 Å². The second kappa shape index (κ2) is 8.10. The van der Waals surface area contributed by atoms with Gasteiger partial charge in [0, 0.05) is 15.6 Å². The van der Waals surface area contributed by atoms with E-state index in [9.17, 15) is 9.59 Å². The molecule has 4 atom stereocenters. The number of benzene rings is 2. The van der Waals surface area contributed by atoms with Gasteiger partial charge in [0.2, 0.25) is 0 Å². The topological polar surface area (TPSA) is 75.9 Å². The lowest BCUT2D eigenvalue weighted by molar-refractivity contribution is -0.160. The Bertz CT molecular complexity index is 989. The Balaban J connectivity index is 1.86. The fourth-order valence-corrected chi connectivity index (χ4v) is 5.05. The Kier molecular flexibility index (Phi) is 5.77. The van der Waals surface area contributed by atoms with Gasteiger partial charge in [-0.15, -0.1) is 0 Å². The van der Waals surface area contributed by atoms with Crippen LogP contribution in [0, 0.1) is 5.92 Å². The number of carbonyl (C=O) groups excluding carboxylic acids is 2. The molecule has 0 spiro atoms. The summed E-state index contributed by atoms with van der Waals surface area (Å²) in [5, 5.41) is 4.27. The van der Waals surface area contributed by atoms with E-state index in [1.807, 2.05) is 56.1 Å². The van der Waals surface area contributed by atoms with Crippen LogP contribution < -0.4 is 5.73 Å². The van der Waals surface area contributed by atoms with Gasteiger partial charge < -0.3 is 10.5 Å². The number of hydrazine groups is 1. The van der Waals surface area contributed by atoms with Crippen LogP contribution in [-0.4, -0.2) is 40.1 Å². The van der Waals surface area contributed by atoms with Crippen molar-refractivity contribution in [3.63, 3.8) is 0 Å².